The summed E-state index contributed by atoms with van der Waals surface area (Å²) in [4.78, 5) is 7.26. The van der Waals surface area contributed by atoms with Crippen LogP contribution in [0.1, 0.15) is 30.9 Å². The number of piperazine rings is 1. The zero-order chi connectivity index (χ0) is 14.9. The summed E-state index contributed by atoms with van der Waals surface area (Å²) < 4.78 is 0. The van der Waals surface area contributed by atoms with Crippen molar-refractivity contribution in [2.75, 3.05) is 26.2 Å². The molecule has 1 aromatic heterocycles. The lowest BCUT2D eigenvalue weighted by atomic mass is 9.76. The van der Waals surface area contributed by atoms with Gasteiger partial charge >= 0.3 is 0 Å². The van der Waals surface area contributed by atoms with Crippen molar-refractivity contribution in [1.82, 2.24) is 15.2 Å². The summed E-state index contributed by atoms with van der Waals surface area (Å²) in [6.45, 7) is 4.35. The smallest absolute Gasteiger partial charge is 0.134 e. The number of nitrogens with one attached hydrogen (secondary N) is 1. The Morgan fingerprint density at radius 2 is 1.83 bits per heavy atom. The lowest BCUT2D eigenvalue weighted by Gasteiger charge is -2.43. The van der Waals surface area contributed by atoms with Gasteiger partial charge in [-0.3, -0.25) is 4.90 Å². The summed E-state index contributed by atoms with van der Waals surface area (Å²) in [5, 5.41) is 5.33. The number of pyridine rings is 1. The molecule has 1 atom stereocenters. The van der Waals surface area contributed by atoms with Gasteiger partial charge in [0.25, 0.3) is 0 Å². The van der Waals surface area contributed by atoms with Crippen molar-refractivity contribution in [1.29, 1.82) is 0 Å². The molecule has 3 nitrogen and oxygen atoms in total. The van der Waals surface area contributed by atoms with Gasteiger partial charge in [-0.15, -0.1) is 24.8 Å². The Balaban J connectivity index is 0.00000104. The Hall–Kier alpha value is -0.580. The molecule has 1 N–H and O–H groups in total. The fourth-order valence-corrected chi connectivity index (χ4v) is 4.04. The molecule has 0 amide bonds. The molecule has 2 heterocycles. The van der Waals surface area contributed by atoms with Crippen LogP contribution in [0.4, 0.5) is 0 Å². The van der Waals surface area contributed by atoms with E-state index in [9.17, 15) is 0 Å². The van der Waals surface area contributed by atoms with Crippen molar-refractivity contribution in [3.63, 3.8) is 0 Å². The van der Waals surface area contributed by atoms with Crippen LogP contribution in [0.5, 0.6) is 0 Å². The molecule has 24 heavy (non-hydrogen) atoms. The zero-order valence-electron chi connectivity index (χ0n) is 13.6. The minimum atomic E-state index is 0. The van der Waals surface area contributed by atoms with Crippen LogP contribution >= 0.6 is 36.4 Å². The molecule has 2 aromatic rings. The molecule has 4 rings (SSSR count). The van der Waals surface area contributed by atoms with Gasteiger partial charge in [0, 0.05) is 43.2 Å². The Morgan fingerprint density at radius 3 is 2.50 bits per heavy atom. The van der Waals surface area contributed by atoms with Gasteiger partial charge in [0.15, 0.2) is 0 Å². The molecule has 1 saturated heterocycles. The van der Waals surface area contributed by atoms with Gasteiger partial charge in [-0.25, -0.2) is 4.98 Å². The molecule has 6 heteroatoms. The van der Waals surface area contributed by atoms with Crippen LogP contribution in [0.25, 0.3) is 10.9 Å². The van der Waals surface area contributed by atoms with E-state index in [1.807, 2.05) is 12.1 Å². The molecular formula is C18H24Cl3N3. The van der Waals surface area contributed by atoms with E-state index in [1.165, 1.54) is 30.2 Å². The summed E-state index contributed by atoms with van der Waals surface area (Å²) in [6.07, 6.45) is 3.99. The Morgan fingerprint density at radius 1 is 1.12 bits per heavy atom. The van der Waals surface area contributed by atoms with E-state index in [1.54, 1.807) is 0 Å². The van der Waals surface area contributed by atoms with E-state index < -0.39 is 0 Å². The molecule has 0 unspecified atom stereocenters. The quantitative estimate of drug-likeness (QED) is 0.786. The van der Waals surface area contributed by atoms with E-state index in [-0.39, 0.29) is 24.8 Å². The summed E-state index contributed by atoms with van der Waals surface area (Å²) >= 11 is 6.59. The van der Waals surface area contributed by atoms with Crippen molar-refractivity contribution < 1.29 is 0 Å². The first-order valence-corrected chi connectivity index (χ1v) is 8.71. The van der Waals surface area contributed by atoms with E-state index in [0.29, 0.717) is 11.2 Å². The predicted octanol–water partition coefficient (Wildman–Crippen LogP) is 4.48. The third-order valence-corrected chi connectivity index (χ3v) is 5.47. The number of fused-ring (bicyclic) bond motifs is 1. The maximum absolute atomic E-state index is 6.59. The fourth-order valence-electron chi connectivity index (χ4n) is 3.78. The Kier molecular flexibility index (Phi) is 7.14. The topological polar surface area (TPSA) is 28.2 Å². The van der Waals surface area contributed by atoms with E-state index in [4.69, 9.17) is 11.6 Å². The number of halogens is 3. The van der Waals surface area contributed by atoms with Crippen LogP contribution in [-0.4, -0.2) is 36.1 Å². The van der Waals surface area contributed by atoms with Gasteiger partial charge in [-0.1, -0.05) is 36.2 Å². The summed E-state index contributed by atoms with van der Waals surface area (Å²) in [5.74, 6) is 0.735. The lowest BCUT2D eigenvalue weighted by Crippen LogP contribution is -2.48. The zero-order valence-corrected chi connectivity index (χ0v) is 16.0. The normalized spacial score (nSPS) is 19.9. The number of benzene rings is 1. The van der Waals surface area contributed by atoms with Crippen molar-refractivity contribution in [3.05, 3.63) is 41.0 Å². The first-order valence-electron chi connectivity index (χ1n) is 8.33. The minimum Gasteiger partial charge on any atom is -0.314 e. The summed E-state index contributed by atoms with van der Waals surface area (Å²) in [7, 11) is 0. The standard InChI is InChI=1S/C18H22ClN3.2ClH/c19-18-15(12-14-4-1-2-7-16(14)21-18)17(13-5-3-6-13)22-10-8-20-9-11-22;;/h1-2,4,7,12-13,17,20H,3,5-6,8-11H2;2*1H/t17-;;/m1../s1. The van der Waals surface area contributed by atoms with E-state index in [2.05, 4.69) is 33.4 Å². The minimum absolute atomic E-state index is 0. The van der Waals surface area contributed by atoms with Gasteiger partial charge in [-0.2, -0.15) is 0 Å². The van der Waals surface area contributed by atoms with Crippen LogP contribution in [0, 0.1) is 5.92 Å². The van der Waals surface area contributed by atoms with Crippen LogP contribution in [0.15, 0.2) is 30.3 Å². The van der Waals surface area contributed by atoms with Gasteiger partial charge in [0.1, 0.15) is 5.15 Å². The highest BCUT2D eigenvalue weighted by Gasteiger charge is 2.35. The van der Waals surface area contributed by atoms with Gasteiger partial charge < -0.3 is 5.32 Å². The molecule has 132 valence electrons. The van der Waals surface area contributed by atoms with Gasteiger partial charge in [-0.05, 0) is 30.9 Å². The fraction of sp³-hybridized carbons (Fsp3) is 0.500. The second-order valence-corrected chi connectivity index (χ2v) is 6.84. The number of para-hydroxylation sites is 1. The van der Waals surface area contributed by atoms with Crippen molar-refractivity contribution in [3.8, 4) is 0 Å². The maximum atomic E-state index is 6.59. The molecular weight excluding hydrogens is 365 g/mol. The second kappa shape index (κ2) is 8.68. The number of aromatic nitrogens is 1. The summed E-state index contributed by atoms with van der Waals surface area (Å²) in [6, 6.07) is 11.0. The maximum Gasteiger partial charge on any atom is 0.134 e. The van der Waals surface area contributed by atoms with Crippen molar-refractivity contribution in [2.24, 2.45) is 5.92 Å². The number of nitrogens with zero attached hydrogens (tertiary/aromatic N) is 2. The number of rotatable bonds is 3. The SMILES string of the molecule is Cl.Cl.Clc1nc2ccccc2cc1[C@@H](C1CCC1)N1CCNCC1. The molecule has 0 bridgehead atoms. The first-order chi connectivity index (χ1) is 10.8. The van der Waals surface area contributed by atoms with Crippen molar-refractivity contribution >= 4 is 47.3 Å². The average Bonchev–Trinajstić information content (AvgIpc) is 2.51. The lowest BCUT2D eigenvalue weighted by molar-refractivity contribution is 0.0836. The Labute approximate surface area is 161 Å². The highest BCUT2D eigenvalue weighted by atomic mass is 35.5. The van der Waals surface area contributed by atoms with Gasteiger partial charge in [0.2, 0.25) is 0 Å². The van der Waals surface area contributed by atoms with Crippen LogP contribution in [0.2, 0.25) is 5.15 Å². The molecule has 1 aliphatic carbocycles. The first kappa shape index (κ1) is 19.7. The average molecular weight is 389 g/mol. The highest BCUT2D eigenvalue weighted by molar-refractivity contribution is 6.30. The Bertz CT molecular complexity index is 670. The third kappa shape index (κ3) is 3.81. The number of hydrogen-bond donors (Lipinski definition) is 1. The molecule has 0 spiro atoms. The van der Waals surface area contributed by atoms with E-state index in [0.717, 1.165) is 37.6 Å². The summed E-state index contributed by atoms with van der Waals surface area (Å²) in [5.41, 5.74) is 2.22. The molecule has 1 aliphatic heterocycles. The molecule has 0 radical (unpaired) electrons. The second-order valence-electron chi connectivity index (χ2n) is 6.48. The van der Waals surface area contributed by atoms with E-state index >= 15 is 0 Å². The molecule has 2 fully saturated rings. The third-order valence-electron chi connectivity index (χ3n) is 5.16. The van der Waals surface area contributed by atoms with Crippen LogP contribution in [0.3, 0.4) is 0 Å². The largest absolute Gasteiger partial charge is 0.314 e. The number of hydrogen-bond acceptors (Lipinski definition) is 3. The monoisotopic (exact) mass is 387 g/mol. The van der Waals surface area contributed by atoms with Crippen LogP contribution < -0.4 is 5.32 Å². The predicted molar refractivity (Wildman–Crippen MR) is 106 cm³/mol. The highest BCUT2D eigenvalue weighted by Crippen LogP contribution is 2.43. The van der Waals surface area contributed by atoms with Crippen LogP contribution in [-0.2, 0) is 0 Å². The molecule has 1 aromatic carbocycles. The molecule has 2 aliphatic rings. The van der Waals surface area contributed by atoms with Crippen molar-refractivity contribution in [2.45, 2.75) is 25.3 Å². The van der Waals surface area contributed by atoms with Gasteiger partial charge in [0.05, 0.1) is 5.52 Å². The molecule has 1 saturated carbocycles.